The van der Waals surface area contributed by atoms with Gasteiger partial charge in [-0.05, 0) is 35.4 Å². The molecule has 2 aliphatic heterocycles. The molecule has 5 rings (SSSR count). The van der Waals surface area contributed by atoms with E-state index in [-0.39, 0.29) is 11.1 Å². The first-order valence-electron chi connectivity index (χ1n) is 10.6. The molecule has 0 atom stereocenters. The minimum absolute atomic E-state index is 0.0986. The number of allylic oxidation sites excluding steroid dienone is 5. The number of nitrogens with one attached hydrogen (secondary N) is 1. The molecule has 32 heavy (non-hydrogen) atoms. The fourth-order valence-corrected chi connectivity index (χ4v) is 4.66. The lowest BCUT2D eigenvalue weighted by Crippen LogP contribution is -2.25. The van der Waals surface area contributed by atoms with E-state index in [4.69, 9.17) is 0 Å². The quantitative estimate of drug-likeness (QED) is 0.584. The third-order valence-corrected chi connectivity index (χ3v) is 6.76. The van der Waals surface area contributed by atoms with E-state index in [0.29, 0.717) is 5.71 Å². The number of rotatable bonds is 2. The Morgan fingerprint density at radius 3 is 2.19 bits per heavy atom. The van der Waals surface area contributed by atoms with Crippen molar-refractivity contribution in [3.8, 4) is 0 Å². The Balaban J connectivity index is 1.57. The monoisotopic (exact) mass is 423 g/mol. The summed E-state index contributed by atoms with van der Waals surface area (Å²) >= 11 is 0. The number of fused-ring (bicyclic) bond motifs is 2. The van der Waals surface area contributed by atoms with Crippen LogP contribution in [0.2, 0.25) is 0 Å². The van der Waals surface area contributed by atoms with Gasteiger partial charge in [-0.25, -0.2) is 0 Å². The van der Waals surface area contributed by atoms with Gasteiger partial charge in [-0.1, -0.05) is 69.9 Å². The van der Waals surface area contributed by atoms with Crippen LogP contribution in [-0.4, -0.2) is 17.3 Å². The number of para-hydroxylation sites is 2. The van der Waals surface area contributed by atoms with E-state index in [0.717, 1.165) is 28.2 Å². The van der Waals surface area contributed by atoms with Crippen LogP contribution < -0.4 is 10.4 Å². The molecule has 1 N–H and O–H groups in total. The Bertz CT molecular complexity index is 1340. The molecular formula is C27H23N2O3-. The van der Waals surface area contributed by atoms with Crippen molar-refractivity contribution in [1.82, 2.24) is 0 Å². The molecule has 0 spiro atoms. The number of anilines is 1. The van der Waals surface area contributed by atoms with Crippen molar-refractivity contribution in [2.45, 2.75) is 38.5 Å². The van der Waals surface area contributed by atoms with Crippen molar-refractivity contribution in [3.05, 3.63) is 94.4 Å². The molecule has 0 saturated carbocycles. The Morgan fingerprint density at radius 2 is 1.50 bits per heavy atom. The van der Waals surface area contributed by atoms with Crippen molar-refractivity contribution in [1.29, 1.82) is 0 Å². The normalized spacial score (nSPS) is 22.9. The highest BCUT2D eigenvalue weighted by molar-refractivity contribution is 6.54. The lowest BCUT2D eigenvalue weighted by molar-refractivity contribution is -0.297. The third kappa shape index (κ3) is 2.74. The van der Waals surface area contributed by atoms with Crippen LogP contribution in [-0.2, 0) is 20.4 Å². The van der Waals surface area contributed by atoms with Gasteiger partial charge in [-0.3, -0.25) is 14.6 Å². The van der Waals surface area contributed by atoms with Crippen LogP contribution in [0.25, 0.3) is 0 Å². The zero-order valence-electron chi connectivity index (χ0n) is 18.4. The molecule has 0 unspecified atom stereocenters. The molecule has 0 bridgehead atoms. The zero-order chi connectivity index (χ0) is 22.8. The van der Waals surface area contributed by atoms with Crippen molar-refractivity contribution in [2.75, 3.05) is 5.32 Å². The maximum absolute atomic E-state index is 13.2. The average molecular weight is 423 g/mol. The van der Waals surface area contributed by atoms with Gasteiger partial charge >= 0.3 is 0 Å². The highest BCUT2D eigenvalue weighted by Crippen LogP contribution is 2.44. The summed E-state index contributed by atoms with van der Waals surface area (Å²) in [5, 5.41) is 16.5. The minimum Gasteiger partial charge on any atom is -0.871 e. The number of hydrogen-bond acceptors (Lipinski definition) is 5. The fourth-order valence-electron chi connectivity index (χ4n) is 4.66. The number of hydrogen-bond donors (Lipinski definition) is 1. The van der Waals surface area contributed by atoms with Crippen LogP contribution in [0.4, 0.5) is 11.4 Å². The van der Waals surface area contributed by atoms with Crippen molar-refractivity contribution < 1.29 is 14.7 Å². The molecule has 5 nitrogen and oxygen atoms in total. The van der Waals surface area contributed by atoms with E-state index in [1.807, 2.05) is 76.2 Å². The Labute approximate surface area is 186 Å². The van der Waals surface area contributed by atoms with E-state index in [9.17, 15) is 14.7 Å². The van der Waals surface area contributed by atoms with E-state index >= 15 is 0 Å². The molecule has 2 aromatic rings. The summed E-state index contributed by atoms with van der Waals surface area (Å²) in [6.07, 6.45) is 3.04. The first kappa shape index (κ1) is 20.2. The lowest BCUT2D eigenvalue weighted by atomic mass is 9.81. The van der Waals surface area contributed by atoms with Gasteiger partial charge in [0.1, 0.15) is 0 Å². The summed E-state index contributed by atoms with van der Waals surface area (Å²) in [7, 11) is 0. The molecule has 0 radical (unpaired) electrons. The summed E-state index contributed by atoms with van der Waals surface area (Å²) in [5.74, 6) is -2.09. The second-order valence-corrected chi connectivity index (χ2v) is 9.45. The number of Topliss-reactive ketones (excluding diaryl/α,β-unsaturated/α-hetero) is 2. The lowest BCUT2D eigenvalue weighted by Gasteiger charge is -2.22. The number of benzene rings is 2. The molecule has 1 aliphatic carbocycles. The molecule has 0 aromatic heterocycles. The molecule has 3 aliphatic rings. The SMILES string of the molecule is CC1(C)C(/C=C2\C(=O)C(=O)C(/C=C3/Nc4ccccc4C3(C)C)=C2[O-])=Nc2ccccc21. The second-order valence-electron chi connectivity index (χ2n) is 9.45. The largest absolute Gasteiger partial charge is 0.871 e. The van der Waals surface area contributed by atoms with Gasteiger partial charge in [0.2, 0.25) is 11.6 Å². The molecule has 0 amide bonds. The predicted octanol–water partition coefficient (Wildman–Crippen LogP) is 4.03. The highest BCUT2D eigenvalue weighted by Gasteiger charge is 2.39. The van der Waals surface area contributed by atoms with Crippen LogP contribution in [0, 0.1) is 0 Å². The van der Waals surface area contributed by atoms with Gasteiger partial charge in [-0.15, -0.1) is 0 Å². The number of aliphatic imine (C=N–C) groups is 1. The van der Waals surface area contributed by atoms with Gasteiger partial charge < -0.3 is 10.4 Å². The number of carbonyl (C=O) groups excluding carboxylic acids is 2. The van der Waals surface area contributed by atoms with Gasteiger partial charge in [0.25, 0.3) is 0 Å². The summed E-state index contributed by atoms with van der Waals surface area (Å²) in [4.78, 5) is 30.2. The van der Waals surface area contributed by atoms with Gasteiger partial charge in [0.15, 0.2) is 0 Å². The van der Waals surface area contributed by atoms with Crippen molar-refractivity contribution in [2.24, 2.45) is 4.99 Å². The minimum atomic E-state index is -0.773. The second kappa shape index (κ2) is 6.63. The highest BCUT2D eigenvalue weighted by atomic mass is 16.3. The smallest absolute Gasteiger partial charge is 0.232 e. The first-order chi connectivity index (χ1) is 15.1. The van der Waals surface area contributed by atoms with Crippen LogP contribution >= 0.6 is 0 Å². The molecular weight excluding hydrogens is 400 g/mol. The van der Waals surface area contributed by atoms with E-state index in [1.165, 1.54) is 6.08 Å². The maximum Gasteiger partial charge on any atom is 0.232 e. The van der Waals surface area contributed by atoms with Gasteiger partial charge in [0, 0.05) is 33.4 Å². The van der Waals surface area contributed by atoms with Crippen molar-refractivity contribution >= 4 is 28.7 Å². The summed E-state index contributed by atoms with van der Waals surface area (Å²) in [5.41, 5.74) is 4.07. The van der Waals surface area contributed by atoms with E-state index < -0.39 is 28.2 Å². The average Bonchev–Trinajstić information content (AvgIpc) is 3.25. The van der Waals surface area contributed by atoms with Gasteiger partial charge in [0.05, 0.1) is 11.4 Å². The fraction of sp³-hybridized carbons (Fsp3) is 0.222. The topological polar surface area (TPSA) is 81.6 Å². The van der Waals surface area contributed by atoms with Crippen LogP contribution in [0.5, 0.6) is 0 Å². The van der Waals surface area contributed by atoms with Crippen LogP contribution in [0.15, 0.2) is 88.3 Å². The molecule has 160 valence electrons. The molecule has 2 aromatic carbocycles. The summed E-state index contributed by atoms with van der Waals surface area (Å²) in [6, 6.07) is 15.6. The summed E-state index contributed by atoms with van der Waals surface area (Å²) < 4.78 is 0. The van der Waals surface area contributed by atoms with Crippen LogP contribution in [0.1, 0.15) is 38.8 Å². The third-order valence-electron chi connectivity index (χ3n) is 6.76. The standard InChI is InChI=1S/C27H24N2O3/c1-26(2)17-9-5-7-11-19(17)28-21(26)13-15-23(30)16(25(32)24(15)31)14-22-27(3,4)18-10-6-8-12-20(18)29-22/h5-14,28,30H,1-4H3/p-1/b16-14-,21-13+. The van der Waals surface area contributed by atoms with E-state index in [1.54, 1.807) is 6.08 Å². The molecule has 2 heterocycles. The Hall–Kier alpha value is -3.73. The van der Waals surface area contributed by atoms with Gasteiger partial charge in [-0.2, -0.15) is 0 Å². The van der Waals surface area contributed by atoms with Crippen molar-refractivity contribution in [3.63, 3.8) is 0 Å². The number of ketones is 2. The molecule has 5 heteroatoms. The first-order valence-corrected chi connectivity index (χ1v) is 10.6. The predicted molar refractivity (Wildman–Crippen MR) is 123 cm³/mol. The molecule has 0 fully saturated rings. The Morgan fingerprint density at radius 1 is 0.844 bits per heavy atom. The zero-order valence-corrected chi connectivity index (χ0v) is 18.4. The molecule has 0 saturated heterocycles. The Kier molecular flexibility index (Phi) is 4.18. The maximum atomic E-state index is 13.2. The van der Waals surface area contributed by atoms with E-state index in [2.05, 4.69) is 10.3 Å². The summed E-state index contributed by atoms with van der Waals surface area (Å²) in [6.45, 7) is 8.03. The van der Waals surface area contributed by atoms with Crippen LogP contribution in [0.3, 0.4) is 0 Å². The number of nitrogens with zero attached hydrogens (tertiary/aromatic N) is 1. The number of carbonyl (C=O) groups is 2.